The van der Waals surface area contributed by atoms with Crippen LogP contribution in [0.2, 0.25) is 0 Å². The van der Waals surface area contributed by atoms with Crippen molar-refractivity contribution in [2.24, 2.45) is 0 Å². The van der Waals surface area contributed by atoms with Crippen molar-refractivity contribution in [1.82, 2.24) is 29.7 Å². The average molecular weight is 544 g/mol. The van der Waals surface area contributed by atoms with Gasteiger partial charge in [-0.2, -0.15) is 10.4 Å². The minimum absolute atomic E-state index is 0.106. The van der Waals surface area contributed by atoms with Crippen LogP contribution in [-0.4, -0.2) is 73.6 Å². The van der Waals surface area contributed by atoms with E-state index in [0.29, 0.717) is 18.7 Å². The van der Waals surface area contributed by atoms with E-state index in [1.165, 1.54) is 11.3 Å². The summed E-state index contributed by atoms with van der Waals surface area (Å²) in [5.74, 6) is 0. The Balaban J connectivity index is 1.23. The maximum Gasteiger partial charge on any atom is 0.410 e. The summed E-state index contributed by atoms with van der Waals surface area (Å²) in [4.78, 5) is 21.7. The first kappa shape index (κ1) is 25.1. The van der Waals surface area contributed by atoms with Gasteiger partial charge in [0, 0.05) is 32.0 Å². The molecule has 0 saturated carbocycles. The van der Waals surface area contributed by atoms with E-state index < -0.39 is 5.60 Å². The molecule has 2 bridgehead atoms. The first-order valence-corrected chi connectivity index (χ1v) is 13.7. The lowest BCUT2D eigenvalue weighted by Gasteiger charge is -2.41. The smallest absolute Gasteiger partial charge is 0.410 e. The maximum absolute atomic E-state index is 12.8. The third-order valence-electron chi connectivity index (χ3n) is 7.07. The van der Waals surface area contributed by atoms with Crippen molar-refractivity contribution in [3.8, 4) is 28.0 Å². The molecule has 4 aromatic rings. The lowest BCUT2D eigenvalue weighted by molar-refractivity contribution is 0.0123. The number of nitrogens with one attached hydrogen (secondary N) is 1. The molecule has 200 valence electrons. The highest BCUT2D eigenvalue weighted by Crippen LogP contribution is 2.38. The second-order valence-corrected chi connectivity index (χ2v) is 11.8. The van der Waals surface area contributed by atoms with Crippen molar-refractivity contribution in [3.05, 3.63) is 42.2 Å². The van der Waals surface area contributed by atoms with E-state index in [0.717, 1.165) is 51.1 Å². The Labute approximate surface area is 230 Å². The van der Waals surface area contributed by atoms with E-state index in [1.54, 1.807) is 23.0 Å². The standard InChI is InChI=1S/C27H29N9O2S/c1-27(2,3)38-26(37)35-18-5-6-19(35)15-34(14-18)25-33-32-24(39-25)20-13-30-22(10-21(20)29-4)23-8-7-17-9-16(11-28)12-31-36(17)23/h7-10,12-13,18-19H,5-6,14-15H2,1-4H3,(H,29,30). The second-order valence-electron chi connectivity index (χ2n) is 10.8. The van der Waals surface area contributed by atoms with Crippen LogP contribution in [0.1, 0.15) is 39.2 Å². The van der Waals surface area contributed by atoms with Gasteiger partial charge in [-0.1, -0.05) is 11.3 Å². The number of hydrogen-bond acceptors (Lipinski definition) is 10. The fourth-order valence-electron chi connectivity index (χ4n) is 5.35. The zero-order valence-electron chi connectivity index (χ0n) is 22.2. The number of nitrogens with zero attached hydrogens (tertiary/aromatic N) is 8. The molecule has 2 atom stereocenters. The molecular weight excluding hydrogens is 514 g/mol. The van der Waals surface area contributed by atoms with Crippen molar-refractivity contribution in [1.29, 1.82) is 5.26 Å². The van der Waals surface area contributed by atoms with E-state index in [1.807, 2.05) is 50.9 Å². The molecule has 12 heteroatoms. The van der Waals surface area contributed by atoms with Crippen LogP contribution in [0.3, 0.4) is 0 Å². The number of carbonyl (C=O) groups excluding carboxylic acids is 1. The van der Waals surface area contributed by atoms with Gasteiger partial charge in [-0.25, -0.2) is 9.31 Å². The molecule has 2 aliphatic rings. The predicted molar refractivity (Wildman–Crippen MR) is 149 cm³/mol. The fraction of sp³-hybridized carbons (Fsp3) is 0.407. The third kappa shape index (κ3) is 4.63. The Morgan fingerprint density at radius 3 is 2.62 bits per heavy atom. The SMILES string of the molecule is CNc1cc(-c2ccc3cc(C#N)cnn23)ncc1-c1nnc(N2CC3CCC(C2)N3C(=O)OC(C)(C)C)s1. The first-order valence-electron chi connectivity index (χ1n) is 12.9. The van der Waals surface area contributed by atoms with Crippen LogP contribution in [0.5, 0.6) is 0 Å². The number of aromatic nitrogens is 5. The number of piperazine rings is 1. The number of nitriles is 1. The summed E-state index contributed by atoms with van der Waals surface area (Å²) in [6.07, 6.45) is 5.05. The Morgan fingerprint density at radius 1 is 1.15 bits per heavy atom. The molecule has 11 nitrogen and oxygen atoms in total. The lowest BCUT2D eigenvalue weighted by Crippen LogP contribution is -2.56. The number of amides is 1. The molecule has 6 heterocycles. The van der Waals surface area contributed by atoms with Gasteiger partial charge in [-0.15, -0.1) is 10.2 Å². The molecule has 39 heavy (non-hydrogen) atoms. The molecular formula is C27H29N9O2S. The second kappa shape index (κ2) is 9.50. The van der Waals surface area contributed by atoms with E-state index >= 15 is 0 Å². The van der Waals surface area contributed by atoms with Crippen molar-refractivity contribution in [2.75, 3.05) is 30.4 Å². The van der Waals surface area contributed by atoms with Crippen molar-refractivity contribution < 1.29 is 9.53 Å². The lowest BCUT2D eigenvalue weighted by atomic mass is 10.2. The summed E-state index contributed by atoms with van der Waals surface area (Å²) in [5, 5.41) is 27.5. The molecule has 1 N–H and O–H groups in total. The zero-order valence-corrected chi connectivity index (χ0v) is 23.1. The molecule has 1 amide bonds. The third-order valence-corrected chi connectivity index (χ3v) is 8.08. The Hall–Kier alpha value is -4.24. The minimum atomic E-state index is -0.511. The van der Waals surface area contributed by atoms with E-state index in [9.17, 15) is 4.79 Å². The largest absolute Gasteiger partial charge is 0.444 e. The minimum Gasteiger partial charge on any atom is -0.444 e. The summed E-state index contributed by atoms with van der Waals surface area (Å²) in [6, 6.07) is 9.97. The summed E-state index contributed by atoms with van der Waals surface area (Å²) in [6.45, 7) is 7.12. The topological polar surface area (TPSA) is 125 Å². The number of rotatable bonds is 4. The number of hydrogen-bond donors (Lipinski definition) is 1. The van der Waals surface area contributed by atoms with Crippen LogP contribution in [0, 0.1) is 11.3 Å². The summed E-state index contributed by atoms with van der Waals surface area (Å²) < 4.78 is 7.44. The molecule has 4 aromatic heterocycles. The molecule has 2 unspecified atom stereocenters. The van der Waals surface area contributed by atoms with Crippen LogP contribution in [0.25, 0.3) is 27.5 Å². The van der Waals surface area contributed by atoms with Crippen molar-refractivity contribution >= 4 is 33.8 Å². The van der Waals surface area contributed by atoms with E-state index in [4.69, 9.17) is 15.0 Å². The molecule has 0 aromatic carbocycles. The van der Waals surface area contributed by atoms with Gasteiger partial charge >= 0.3 is 6.09 Å². The molecule has 0 spiro atoms. The normalized spacial score (nSPS) is 18.8. The average Bonchev–Trinajstić information content (AvgIpc) is 3.63. The van der Waals surface area contributed by atoms with Gasteiger partial charge in [0.2, 0.25) is 5.13 Å². The summed E-state index contributed by atoms with van der Waals surface area (Å²) in [5.41, 5.74) is 4.14. The van der Waals surface area contributed by atoms with E-state index in [2.05, 4.69) is 31.6 Å². The van der Waals surface area contributed by atoms with Gasteiger partial charge in [0.15, 0.2) is 5.01 Å². The van der Waals surface area contributed by atoms with Crippen LogP contribution in [0.4, 0.5) is 15.6 Å². The number of fused-ring (bicyclic) bond motifs is 3. The number of anilines is 2. The Kier molecular flexibility index (Phi) is 6.10. The molecule has 2 fully saturated rings. The van der Waals surface area contributed by atoms with E-state index in [-0.39, 0.29) is 18.2 Å². The number of pyridine rings is 1. The van der Waals surface area contributed by atoms with Gasteiger partial charge in [-0.3, -0.25) is 9.88 Å². The number of carbonyl (C=O) groups is 1. The van der Waals surface area contributed by atoms with Gasteiger partial charge in [0.25, 0.3) is 0 Å². The zero-order chi connectivity index (χ0) is 27.3. The van der Waals surface area contributed by atoms with Crippen LogP contribution >= 0.6 is 11.3 Å². The van der Waals surface area contributed by atoms with Gasteiger partial charge in [0.05, 0.1) is 46.3 Å². The molecule has 0 radical (unpaired) electrons. The van der Waals surface area contributed by atoms with Crippen molar-refractivity contribution in [3.63, 3.8) is 0 Å². The Morgan fingerprint density at radius 2 is 1.92 bits per heavy atom. The highest BCUT2D eigenvalue weighted by atomic mass is 32.1. The molecule has 2 aliphatic heterocycles. The molecule has 2 saturated heterocycles. The van der Waals surface area contributed by atoms with Crippen LogP contribution < -0.4 is 10.2 Å². The first-order chi connectivity index (χ1) is 18.7. The van der Waals surface area contributed by atoms with Crippen molar-refractivity contribution in [2.45, 2.75) is 51.3 Å². The monoisotopic (exact) mass is 543 g/mol. The van der Waals surface area contributed by atoms with Crippen LogP contribution in [0.15, 0.2) is 36.7 Å². The highest BCUT2D eigenvalue weighted by molar-refractivity contribution is 7.18. The van der Waals surface area contributed by atoms with Gasteiger partial charge in [0.1, 0.15) is 11.7 Å². The summed E-state index contributed by atoms with van der Waals surface area (Å²) >= 11 is 1.52. The molecule has 6 rings (SSSR count). The predicted octanol–water partition coefficient (Wildman–Crippen LogP) is 4.42. The number of ether oxygens (including phenoxy) is 1. The molecule has 0 aliphatic carbocycles. The fourth-order valence-corrected chi connectivity index (χ4v) is 6.24. The quantitative estimate of drug-likeness (QED) is 0.398. The highest BCUT2D eigenvalue weighted by Gasteiger charge is 2.45. The maximum atomic E-state index is 12.8. The summed E-state index contributed by atoms with van der Waals surface area (Å²) in [7, 11) is 1.87. The van der Waals surface area contributed by atoms with Crippen LogP contribution in [-0.2, 0) is 4.74 Å². The van der Waals surface area contributed by atoms with Gasteiger partial charge < -0.3 is 15.0 Å². The Bertz CT molecular complexity index is 1580. The van der Waals surface area contributed by atoms with Gasteiger partial charge in [-0.05, 0) is 57.9 Å².